The summed E-state index contributed by atoms with van der Waals surface area (Å²) in [7, 11) is 0. The minimum atomic E-state index is -1.62. The molecule has 2 aliphatic heterocycles. The van der Waals surface area contributed by atoms with Crippen molar-refractivity contribution in [1.29, 1.82) is 0 Å². The van der Waals surface area contributed by atoms with E-state index < -0.39 is 73.2 Å². The summed E-state index contributed by atoms with van der Waals surface area (Å²) in [6.07, 6.45) is -0.651. The number of hydrazine groups is 2. The molecule has 1 aromatic rings. The van der Waals surface area contributed by atoms with Crippen molar-refractivity contribution in [3.63, 3.8) is 0 Å². The number of carbonyl (C=O) groups is 7. The second kappa shape index (κ2) is 12.7. The van der Waals surface area contributed by atoms with Gasteiger partial charge in [0, 0.05) is 13.0 Å². The number of hydrogen-bond donors (Lipinski definition) is 4. The fourth-order valence-electron chi connectivity index (χ4n) is 3.83. The maximum atomic E-state index is 13.2. The first kappa shape index (κ1) is 28.8. The fourth-order valence-corrected chi connectivity index (χ4v) is 4.86. The highest BCUT2D eigenvalue weighted by molar-refractivity contribution is 7.12. The average molecular weight is 574 g/mol. The molecule has 0 aliphatic carbocycles. The molecule has 2 atom stereocenters. The van der Waals surface area contributed by atoms with E-state index in [0.29, 0.717) is 6.42 Å². The molecule has 3 heterocycles. The van der Waals surface area contributed by atoms with Crippen molar-refractivity contribution in [3.8, 4) is 0 Å². The molecular weight excluding hydrogens is 550 g/mol. The summed E-state index contributed by atoms with van der Waals surface area (Å²) in [6.45, 7) is -1.89. The van der Waals surface area contributed by atoms with Gasteiger partial charge in [0.2, 0.25) is 11.8 Å². The first-order valence-electron chi connectivity index (χ1n) is 11.3. The number of carboxylic acids is 1. The lowest BCUT2D eigenvalue weighted by Crippen LogP contribution is -2.65. The summed E-state index contributed by atoms with van der Waals surface area (Å²) in [5.74, 6) is -5.61. The van der Waals surface area contributed by atoms with Crippen LogP contribution in [0.2, 0.25) is 5.02 Å². The van der Waals surface area contributed by atoms with E-state index >= 15 is 0 Å². The minimum Gasteiger partial charge on any atom is -0.481 e. The van der Waals surface area contributed by atoms with Gasteiger partial charge in [-0.25, -0.2) is 24.6 Å². The van der Waals surface area contributed by atoms with Gasteiger partial charge in [0.1, 0.15) is 23.6 Å². The van der Waals surface area contributed by atoms with Gasteiger partial charge < -0.3 is 20.3 Å². The van der Waals surface area contributed by atoms with Gasteiger partial charge in [-0.2, -0.15) is 0 Å². The summed E-state index contributed by atoms with van der Waals surface area (Å²) >= 11 is 6.84. The van der Waals surface area contributed by atoms with Crippen LogP contribution >= 0.6 is 22.9 Å². The number of aliphatic carboxylic acids is 1. The number of aliphatic hydroxyl groups excluding tert-OH is 1. The van der Waals surface area contributed by atoms with Crippen LogP contribution < -0.4 is 10.7 Å². The lowest BCUT2D eigenvalue weighted by atomic mass is 10.0. The Morgan fingerprint density at radius 3 is 2.58 bits per heavy atom. The number of nitrogens with zero attached hydrogens (tertiary/aromatic N) is 3. The van der Waals surface area contributed by atoms with Crippen LogP contribution in [0.4, 0.5) is 4.79 Å². The monoisotopic (exact) mass is 573 g/mol. The van der Waals surface area contributed by atoms with Crippen LogP contribution in [0.1, 0.15) is 35.4 Å². The molecule has 2 fully saturated rings. The molecule has 5 amide bonds. The topological polar surface area (TPSA) is 203 Å². The predicted octanol–water partition coefficient (Wildman–Crippen LogP) is -0.856. The summed E-state index contributed by atoms with van der Waals surface area (Å²) in [6, 6.07) is -2.43. The van der Waals surface area contributed by atoms with Gasteiger partial charge in [0.05, 0.1) is 18.0 Å². The number of amides is 5. The van der Waals surface area contributed by atoms with E-state index in [2.05, 4.69) is 10.7 Å². The zero-order valence-corrected chi connectivity index (χ0v) is 21.3. The smallest absolute Gasteiger partial charge is 0.358 e. The third-order valence-electron chi connectivity index (χ3n) is 5.60. The number of Topliss-reactive ketones (excluding diaryl/α,β-unsaturated/α-hetero) is 1. The van der Waals surface area contributed by atoms with E-state index in [1.54, 1.807) is 0 Å². The number of carboxylic acid groups (broad SMARTS) is 1. The van der Waals surface area contributed by atoms with Crippen LogP contribution in [-0.2, 0) is 28.7 Å². The maximum Gasteiger partial charge on any atom is 0.358 e. The molecule has 0 spiro atoms. The summed E-state index contributed by atoms with van der Waals surface area (Å²) in [4.78, 5) is 86.9. The van der Waals surface area contributed by atoms with Gasteiger partial charge in [-0.1, -0.05) is 11.6 Å². The van der Waals surface area contributed by atoms with E-state index in [-0.39, 0.29) is 35.8 Å². The van der Waals surface area contributed by atoms with Crippen LogP contribution in [-0.4, -0.2) is 105 Å². The molecule has 0 saturated carbocycles. The molecule has 0 bridgehead atoms. The Balaban J connectivity index is 1.75. The quantitative estimate of drug-likeness (QED) is 0.255. The number of carbonyl (C=O) groups excluding carboxylic acids is 6. The zero-order chi connectivity index (χ0) is 28.0. The number of nitrogens with one attached hydrogen (secondary N) is 2. The Morgan fingerprint density at radius 2 is 1.95 bits per heavy atom. The number of ketones is 1. The highest BCUT2D eigenvalue weighted by Gasteiger charge is 2.44. The van der Waals surface area contributed by atoms with Crippen molar-refractivity contribution < 1.29 is 48.5 Å². The molecule has 0 radical (unpaired) electrons. The van der Waals surface area contributed by atoms with Crippen LogP contribution in [0, 0.1) is 0 Å². The Bertz CT molecular complexity index is 1140. The van der Waals surface area contributed by atoms with E-state index in [4.69, 9.17) is 21.4 Å². The highest BCUT2D eigenvalue weighted by atomic mass is 35.5. The number of esters is 1. The van der Waals surface area contributed by atoms with Gasteiger partial charge in [0.15, 0.2) is 12.4 Å². The Hall–Kier alpha value is -3.76. The molecule has 4 N–H and O–H groups in total. The summed E-state index contributed by atoms with van der Waals surface area (Å²) < 4.78 is 4.92. The minimum absolute atomic E-state index is 0.0442. The van der Waals surface area contributed by atoms with Crippen LogP contribution in [0.5, 0.6) is 0 Å². The Labute approximate surface area is 224 Å². The lowest BCUT2D eigenvalue weighted by Gasteiger charge is -2.43. The molecule has 2 saturated heterocycles. The third-order valence-corrected chi connectivity index (χ3v) is 6.93. The Morgan fingerprint density at radius 1 is 1.21 bits per heavy atom. The molecule has 2 aliphatic rings. The molecule has 206 valence electrons. The van der Waals surface area contributed by atoms with Crippen LogP contribution in [0.3, 0.4) is 0 Å². The second-order valence-corrected chi connectivity index (χ2v) is 9.52. The van der Waals surface area contributed by atoms with Crippen molar-refractivity contribution in [2.45, 2.75) is 37.8 Å². The predicted molar refractivity (Wildman–Crippen MR) is 127 cm³/mol. The standard InChI is InChI=1S/C21H24ClN5O10S/c22-11-4-7-38-18(11)20(35)37-10-14(29)12(8-17(32)33)23-19(34)13-2-1-5-26-16(31)3-6-25(21(36)27(13)26)24-15(30)9-28/h4,7,12-13,28H,1-3,5-6,8-10H2,(H,23,34)(H,24,30)(H,32,33)/t12-,13-/m0/s1. The number of thiophene rings is 1. The zero-order valence-electron chi connectivity index (χ0n) is 19.8. The number of ether oxygens (including phenoxy) is 1. The van der Waals surface area contributed by atoms with E-state index in [0.717, 1.165) is 26.4 Å². The molecule has 38 heavy (non-hydrogen) atoms. The van der Waals surface area contributed by atoms with Gasteiger partial charge in [-0.3, -0.25) is 29.4 Å². The molecular formula is C21H24ClN5O10S. The molecule has 17 heteroatoms. The van der Waals surface area contributed by atoms with Crippen molar-refractivity contribution >= 4 is 64.4 Å². The van der Waals surface area contributed by atoms with Gasteiger partial charge in [-0.05, 0) is 24.3 Å². The average Bonchev–Trinajstić information content (AvgIpc) is 3.28. The summed E-state index contributed by atoms with van der Waals surface area (Å²) in [5.41, 5.74) is 2.15. The van der Waals surface area contributed by atoms with E-state index in [9.17, 15) is 38.7 Å². The van der Waals surface area contributed by atoms with Crippen LogP contribution in [0.25, 0.3) is 0 Å². The second-order valence-electron chi connectivity index (χ2n) is 8.20. The highest BCUT2D eigenvalue weighted by Crippen LogP contribution is 2.24. The number of fused-ring (bicyclic) bond motifs is 1. The number of aliphatic hydroxyl groups is 1. The third kappa shape index (κ3) is 6.76. The molecule has 15 nitrogen and oxygen atoms in total. The number of hydrogen-bond acceptors (Lipinski definition) is 10. The molecule has 0 unspecified atom stereocenters. The first-order chi connectivity index (χ1) is 18.0. The first-order valence-corrected chi connectivity index (χ1v) is 12.6. The van der Waals surface area contributed by atoms with Gasteiger partial charge in [-0.15, -0.1) is 11.3 Å². The van der Waals surface area contributed by atoms with Crippen LogP contribution in [0.15, 0.2) is 11.4 Å². The van der Waals surface area contributed by atoms with Crippen molar-refractivity contribution in [3.05, 3.63) is 21.3 Å². The normalized spacial score (nSPS) is 18.3. The Kier molecular flexibility index (Phi) is 9.60. The van der Waals surface area contributed by atoms with E-state index in [1.165, 1.54) is 11.4 Å². The summed E-state index contributed by atoms with van der Waals surface area (Å²) in [5, 5.41) is 24.9. The van der Waals surface area contributed by atoms with Crippen molar-refractivity contribution in [1.82, 2.24) is 25.8 Å². The van der Waals surface area contributed by atoms with Crippen molar-refractivity contribution in [2.24, 2.45) is 0 Å². The number of rotatable bonds is 10. The fraction of sp³-hybridized carbons (Fsp3) is 0.476. The number of halogens is 1. The maximum absolute atomic E-state index is 13.2. The lowest BCUT2D eigenvalue weighted by molar-refractivity contribution is -0.155. The van der Waals surface area contributed by atoms with E-state index in [1.807, 2.05) is 0 Å². The molecule has 0 aromatic carbocycles. The number of urea groups is 1. The largest absolute Gasteiger partial charge is 0.481 e. The SMILES string of the molecule is O=C(O)C[C@H](NC(=O)[C@@H]1CCCN2C(=O)CCN(NC(=O)CO)C(=O)N12)C(=O)COC(=O)c1sccc1Cl. The van der Waals surface area contributed by atoms with Gasteiger partial charge >= 0.3 is 18.0 Å². The molecule has 3 rings (SSSR count). The molecule has 1 aromatic heterocycles. The van der Waals surface area contributed by atoms with Gasteiger partial charge in [0.25, 0.3) is 5.91 Å². The van der Waals surface area contributed by atoms with Crippen molar-refractivity contribution in [2.75, 3.05) is 26.3 Å².